The summed E-state index contributed by atoms with van der Waals surface area (Å²) in [4.78, 5) is 19.9. The fraction of sp³-hybridized carbons (Fsp3) is 0.667. The van der Waals surface area contributed by atoms with Crippen LogP contribution in [0.4, 0.5) is 0 Å². The molecular weight excluding hydrogens is 381 g/mol. The van der Waals surface area contributed by atoms with Crippen LogP contribution in [0.5, 0.6) is 0 Å². The molecular formula is C21H35Cl2N3O. The van der Waals surface area contributed by atoms with Crippen LogP contribution < -0.4 is 0 Å². The van der Waals surface area contributed by atoms with E-state index in [1.807, 2.05) is 0 Å². The summed E-state index contributed by atoms with van der Waals surface area (Å²) in [5.41, 5.74) is 1.42. The maximum absolute atomic E-state index is 12.9. The molecule has 1 aromatic rings. The predicted molar refractivity (Wildman–Crippen MR) is 117 cm³/mol. The van der Waals surface area contributed by atoms with Gasteiger partial charge in [0.25, 0.3) is 0 Å². The van der Waals surface area contributed by atoms with E-state index in [0.717, 1.165) is 58.7 Å². The fourth-order valence-corrected chi connectivity index (χ4v) is 4.20. The minimum atomic E-state index is 0. The lowest BCUT2D eigenvalue weighted by Gasteiger charge is -2.40. The number of hydrogen-bond donors (Lipinski definition) is 0. The summed E-state index contributed by atoms with van der Waals surface area (Å²) in [5, 5.41) is 0. The SMILES string of the molecule is CCN1CCCCC1C(=O)N1CCN(CCCc2ccccc2)CC1.Cl.Cl. The maximum Gasteiger partial charge on any atom is 0.240 e. The predicted octanol–water partition coefficient (Wildman–Crippen LogP) is 3.48. The minimum Gasteiger partial charge on any atom is -0.339 e. The number of piperidine rings is 1. The highest BCUT2D eigenvalue weighted by Crippen LogP contribution is 2.19. The zero-order chi connectivity index (χ0) is 17.5. The first-order valence-corrected chi connectivity index (χ1v) is 10.1. The quantitative estimate of drug-likeness (QED) is 0.711. The number of likely N-dealkylation sites (tertiary alicyclic amines) is 1. The van der Waals surface area contributed by atoms with Crippen LogP contribution in [0.2, 0.25) is 0 Å². The summed E-state index contributed by atoms with van der Waals surface area (Å²) in [7, 11) is 0. The number of piperazine rings is 1. The largest absolute Gasteiger partial charge is 0.339 e. The van der Waals surface area contributed by atoms with Crippen molar-refractivity contribution in [2.24, 2.45) is 0 Å². The van der Waals surface area contributed by atoms with Gasteiger partial charge in [-0.05, 0) is 50.9 Å². The summed E-state index contributed by atoms with van der Waals surface area (Å²) in [5.74, 6) is 0.380. The maximum atomic E-state index is 12.9. The number of hydrogen-bond acceptors (Lipinski definition) is 3. The number of halogens is 2. The van der Waals surface area contributed by atoms with E-state index in [0.29, 0.717) is 5.91 Å². The number of amides is 1. The number of nitrogens with zero attached hydrogens (tertiary/aromatic N) is 3. The van der Waals surface area contributed by atoms with Crippen molar-refractivity contribution in [1.82, 2.24) is 14.7 Å². The van der Waals surface area contributed by atoms with Crippen LogP contribution in [-0.4, -0.2) is 72.5 Å². The van der Waals surface area contributed by atoms with Gasteiger partial charge in [-0.25, -0.2) is 0 Å². The number of carbonyl (C=O) groups is 1. The van der Waals surface area contributed by atoms with Gasteiger partial charge < -0.3 is 4.90 Å². The van der Waals surface area contributed by atoms with Crippen molar-refractivity contribution in [3.63, 3.8) is 0 Å². The van der Waals surface area contributed by atoms with E-state index < -0.39 is 0 Å². The molecule has 3 rings (SSSR count). The molecule has 2 aliphatic rings. The summed E-state index contributed by atoms with van der Waals surface area (Å²) in [6.45, 7) is 9.26. The molecule has 4 nitrogen and oxygen atoms in total. The second-order valence-corrected chi connectivity index (χ2v) is 7.40. The average molecular weight is 416 g/mol. The molecule has 0 bridgehead atoms. The van der Waals surface area contributed by atoms with Crippen LogP contribution in [-0.2, 0) is 11.2 Å². The first-order valence-electron chi connectivity index (χ1n) is 10.1. The van der Waals surface area contributed by atoms with Crippen LogP contribution >= 0.6 is 24.8 Å². The molecule has 6 heteroatoms. The molecule has 0 N–H and O–H groups in total. The molecule has 2 fully saturated rings. The molecule has 1 amide bonds. The number of rotatable bonds is 6. The van der Waals surface area contributed by atoms with Crippen molar-refractivity contribution in [3.8, 4) is 0 Å². The highest BCUT2D eigenvalue weighted by Gasteiger charge is 2.32. The van der Waals surface area contributed by atoms with Crippen LogP contribution in [0.25, 0.3) is 0 Å². The minimum absolute atomic E-state index is 0. The molecule has 154 valence electrons. The molecule has 27 heavy (non-hydrogen) atoms. The Bertz CT molecular complexity index is 535. The average Bonchev–Trinajstić information content (AvgIpc) is 2.69. The molecule has 2 aliphatic heterocycles. The Morgan fingerprint density at radius 3 is 2.37 bits per heavy atom. The van der Waals surface area contributed by atoms with Gasteiger partial charge in [0.15, 0.2) is 0 Å². The van der Waals surface area contributed by atoms with Gasteiger partial charge in [0.05, 0.1) is 6.04 Å². The van der Waals surface area contributed by atoms with Crippen molar-refractivity contribution in [3.05, 3.63) is 35.9 Å². The van der Waals surface area contributed by atoms with Crippen molar-refractivity contribution in [1.29, 1.82) is 0 Å². The van der Waals surface area contributed by atoms with E-state index in [9.17, 15) is 4.79 Å². The summed E-state index contributed by atoms with van der Waals surface area (Å²) >= 11 is 0. The van der Waals surface area contributed by atoms with E-state index in [1.165, 1.54) is 24.8 Å². The van der Waals surface area contributed by atoms with Gasteiger partial charge in [-0.15, -0.1) is 24.8 Å². The summed E-state index contributed by atoms with van der Waals surface area (Å²) < 4.78 is 0. The van der Waals surface area contributed by atoms with Gasteiger partial charge in [0.2, 0.25) is 5.91 Å². The van der Waals surface area contributed by atoms with Gasteiger partial charge >= 0.3 is 0 Å². The van der Waals surface area contributed by atoms with Crippen LogP contribution in [0.15, 0.2) is 30.3 Å². The smallest absolute Gasteiger partial charge is 0.240 e. The lowest BCUT2D eigenvalue weighted by molar-refractivity contribution is -0.140. The summed E-state index contributed by atoms with van der Waals surface area (Å²) in [6.07, 6.45) is 5.83. The lowest BCUT2D eigenvalue weighted by atomic mass is 10.0. The molecule has 2 saturated heterocycles. The first kappa shape index (κ1) is 24.2. The molecule has 0 aliphatic carbocycles. The normalized spacial score (nSPS) is 21.2. The number of carbonyl (C=O) groups excluding carboxylic acids is 1. The molecule has 1 unspecified atom stereocenters. The topological polar surface area (TPSA) is 26.8 Å². The first-order chi connectivity index (χ1) is 12.3. The Morgan fingerprint density at radius 1 is 1.00 bits per heavy atom. The van der Waals surface area contributed by atoms with Crippen LogP contribution in [0, 0.1) is 0 Å². The molecule has 0 spiro atoms. The summed E-state index contributed by atoms with van der Waals surface area (Å²) in [6, 6.07) is 10.9. The third-order valence-electron chi connectivity index (χ3n) is 5.77. The van der Waals surface area contributed by atoms with E-state index in [2.05, 4.69) is 52.0 Å². The van der Waals surface area contributed by atoms with E-state index in [1.54, 1.807) is 0 Å². The monoisotopic (exact) mass is 415 g/mol. The molecule has 1 aromatic carbocycles. The third-order valence-corrected chi connectivity index (χ3v) is 5.77. The molecule has 0 saturated carbocycles. The highest BCUT2D eigenvalue weighted by molar-refractivity contribution is 5.85. The third kappa shape index (κ3) is 6.94. The number of benzene rings is 1. The van der Waals surface area contributed by atoms with Crippen molar-refractivity contribution in [2.75, 3.05) is 45.8 Å². The Kier molecular flexibility index (Phi) is 11.3. The van der Waals surface area contributed by atoms with Crippen molar-refractivity contribution in [2.45, 2.75) is 45.1 Å². The Labute approximate surface area is 177 Å². The zero-order valence-corrected chi connectivity index (χ0v) is 18.1. The van der Waals surface area contributed by atoms with Crippen molar-refractivity contribution >= 4 is 30.7 Å². The molecule has 0 aromatic heterocycles. The zero-order valence-electron chi connectivity index (χ0n) is 16.5. The van der Waals surface area contributed by atoms with E-state index in [-0.39, 0.29) is 30.9 Å². The lowest BCUT2D eigenvalue weighted by Crippen LogP contribution is -2.56. The fourth-order valence-electron chi connectivity index (χ4n) is 4.20. The van der Waals surface area contributed by atoms with Gasteiger partial charge in [-0.3, -0.25) is 14.6 Å². The number of likely N-dealkylation sites (N-methyl/N-ethyl adjacent to an activating group) is 1. The molecule has 0 radical (unpaired) electrons. The van der Waals surface area contributed by atoms with Gasteiger partial charge in [0.1, 0.15) is 0 Å². The second kappa shape index (κ2) is 12.6. The van der Waals surface area contributed by atoms with Crippen LogP contribution in [0.3, 0.4) is 0 Å². The van der Waals surface area contributed by atoms with Gasteiger partial charge in [-0.1, -0.05) is 43.7 Å². The van der Waals surface area contributed by atoms with Crippen LogP contribution in [0.1, 0.15) is 38.2 Å². The van der Waals surface area contributed by atoms with Gasteiger partial charge in [0, 0.05) is 26.2 Å². The van der Waals surface area contributed by atoms with Crippen molar-refractivity contribution < 1.29 is 4.79 Å². The Morgan fingerprint density at radius 2 is 1.70 bits per heavy atom. The second-order valence-electron chi connectivity index (χ2n) is 7.40. The molecule has 2 heterocycles. The standard InChI is InChI=1S/C21H33N3O.2ClH/c1-2-23-14-7-6-12-20(23)21(25)24-17-15-22(16-18-24)13-8-11-19-9-4-3-5-10-19;;/h3-5,9-10,20H,2,6-8,11-18H2,1H3;2*1H. The number of aryl methyl sites for hydroxylation is 1. The molecule has 1 atom stereocenters. The highest BCUT2D eigenvalue weighted by atomic mass is 35.5. The van der Waals surface area contributed by atoms with Gasteiger partial charge in [-0.2, -0.15) is 0 Å². The Balaban J connectivity index is 0.00000182. The van der Waals surface area contributed by atoms with E-state index >= 15 is 0 Å². The Hall–Kier alpha value is -0.810. The van der Waals surface area contributed by atoms with E-state index in [4.69, 9.17) is 0 Å².